The number of nitrogens with zero attached hydrogens (tertiary/aromatic N) is 3. The van der Waals surface area contributed by atoms with Crippen molar-refractivity contribution in [2.24, 2.45) is 13.0 Å². The van der Waals surface area contributed by atoms with Crippen LogP contribution in [0.4, 0.5) is 0 Å². The fourth-order valence-electron chi connectivity index (χ4n) is 5.64. The van der Waals surface area contributed by atoms with E-state index in [1.807, 2.05) is 51.5 Å². The van der Waals surface area contributed by atoms with Gasteiger partial charge in [-0.25, -0.2) is 0 Å². The monoisotopic (exact) mass is 405 g/mol. The molecule has 2 fully saturated rings. The van der Waals surface area contributed by atoms with Gasteiger partial charge in [-0.1, -0.05) is 44.4 Å². The lowest BCUT2D eigenvalue weighted by Crippen LogP contribution is -2.40. The average molecular weight is 406 g/mol. The highest BCUT2D eigenvalue weighted by atomic mass is 16.2. The van der Waals surface area contributed by atoms with Crippen molar-refractivity contribution >= 4 is 27.7 Å². The van der Waals surface area contributed by atoms with E-state index in [0.29, 0.717) is 17.0 Å². The van der Waals surface area contributed by atoms with Gasteiger partial charge in [-0.15, -0.1) is 0 Å². The third-order valence-corrected chi connectivity index (χ3v) is 7.22. The minimum atomic E-state index is 0.0409. The second-order valence-corrected chi connectivity index (χ2v) is 9.35. The van der Waals surface area contributed by atoms with Crippen LogP contribution < -0.4 is 5.56 Å². The number of rotatable bonds is 2. The molecule has 5 nitrogen and oxygen atoms in total. The highest BCUT2D eigenvalue weighted by molar-refractivity contribution is 6.17. The molecule has 3 aromatic rings. The summed E-state index contributed by atoms with van der Waals surface area (Å²) in [6.07, 6.45) is 9.69. The topological polar surface area (TPSA) is 47.2 Å². The van der Waals surface area contributed by atoms with Crippen LogP contribution in [0.15, 0.2) is 35.3 Å². The Morgan fingerprint density at radius 3 is 2.57 bits per heavy atom. The maximum absolute atomic E-state index is 13.8. The predicted molar refractivity (Wildman–Crippen MR) is 121 cm³/mol. The van der Waals surface area contributed by atoms with Crippen LogP contribution in [0.1, 0.15) is 68.3 Å². The van der Waals surface area contributed by atoms with Crippen molar-refractivity contribution in [3.05, 3.63) is 46.4 Å². The zero-order valence-electron chi connectivity index (χ0n) is 18.1. The molecule has 0 spiro atoms. The Morgan fingerprint density at radius 1 is 1.03 bits per heavy atom. The molecule has 1 aliphatic carbocycles. The van der Waals surface area contributed by atoms with Gasteiger partial charge in [0.05, 0.1) is 5.56 Å². The van der Waals surface area contributed by atoms with Crippen LogP contribution in [-0.4, -0.2) is 33.0 Å². The molecular formula is C25H31N3O2. The first kappa shape index (κ1) is 19.4. The standard InChI is InChI=1S/C25H31N3O2/c1-17-9-8-14-27(15-17)24(29)20-16-28(18-10-4-3-5-11-18)25(30)23-22(20)19-12-6-7-13-21(19)26(23)2/h6-7,12-13,16-18H,3-5,8-11,14-15H2,1-2H3/t17-/m0/s1. The molecule has 2 aliphatic rings. The summed E-state index contributed by atoms with van der Waals surface area (Å²) in [5.74, 6) is 0.599. The second kappa shape index (κ2) is 7.60. The smallest absolute Gasteiger partial charge is 0.275 e. The molecular weight excluding hydrogens is 374 g/mol. The summed E-state index contributed by atoms with van der Waals surface area (Å²) in [6.45, 7) is 3.82. The van der Waals surface area contributed by atoms with Crippen LogP contribution in [0.5, 0.6) is 0 Å². The van der Waals surface area contributed by atoms with Crippen LogP contribution in [-0.2, 0) is 7.05 Å². The van der Waals surface area contributed by atoms with E-state index in [1.54, 1.807) is 0 Å². The molecule has 0 N–H and O–H groups in total. The third kappa shape index (κ3) is 3.06. The van der Waals surface area contributed by atoms with Gasteiger partial charge in [0.15, 0.2) is 0 Å². The summed E-state index contributed by atoms with van der Waals surface area (Å²) < 4.78 is 3.88. The summed E-state index contributed by atoms with van der Waals surface area (Å²) in [6, 6.07) is 8.26. The summed E-state index contributed by atoms with van der Waals surface area (Å²) in [5, 5.41) is 1.82. The SMILES string of the molecule is C[C@H]1CCCN(C(=O)c2cn(C3CCCCC3)c(=O)c3c2c2ccccc2n3C)C1. The van der Waals surface area contributed by atoms with Crippen LogP contribution >= 0.6 is 0 Å². The van der Waals surface area contributed by atoms with Crippen molar-refractivity contribution in [1.29, 1.82) is 0 Å². The summed E-state index contributed by atoms with van der Waals surface area (Å²) in [5.41, 5.74) is 2.41. The number of benzene rings is 1. The number of pyridine rings is 1. The number of likely N-dealkylation sites (tertiary alicyclic amines) is 1. The molecule has 3 heterocycles. The molecule has 1 aliphatic heterocycles. The Hall–Kier alpha value is -2.56. The summed E-state index contributed by atoms with van der Waals surface area (Å²) >= 11 is 0. The minimum Gasteiger partial charge on any atom is -0.339 e. The average Bonchev–Trinajstić information content (AvgIpc) is 3.08. The lowest BCUT2D eigenvalue weighted by molar-refractivity contribution is 0.0684. The highest BCUT2D eigenvalue weighted by Crippen LogP contribution is 2.33. The number of para-hydroxylation sites is 1. The molecule has 30 heavy (non-hydrogen) atoms. The van der Waals surface area contributed by atoms with E-state index < -0.39 is 0 Å². The van der Waals surface area contributed by atoms with E-state index in [4.69, 9.17) is 0 Å². The molecule has 0 unspecified atom stereocenters. The van der Waals surface area contributed by atoms with E-state index in [2.05, 4.69) is 6.92 Å². The highest BCUT2D eigenvalue weighted by Gasteiger charge is 2.28. The molecule has 158 valence electrons. The molecule has 1 saturated heterocycles. The molecule has 1 atom stereocenters. The molecule has 1 aromatic carbocycles. The molecule has 5 rings (SSSR count). The first-order valence-electron chi connectivity index (χ1n) is 11.5. The van der Waals surface area contributed by atoms with E-state index >= 15 is 0 Å². The number of carbonyl (C=O) groups excluding carboxylic acids is 1. The number of hydrogen-bond donors (Lipinski definition) is 0. The quantitative estimate of drug-likeness (QED) is 0.611. The summed E-state index contributed by atoms with van der Waals surface area (Å²) in [4.78, 5) is 29.4. The largest absolute Gasteiger partial charge is 0.339 e. The first-order valence-corrected chi connectivity index (χ1v) is 11.5. The Bertz CT molecular complexity index is 1170. The second-order valence-electron chi connectivity index (χ2n) is 9.35. The third-order valence-electron chi connectivity index (χ3n) is 7.22. The number of piperidine rings is 1. The van der Waals surface area contributed by atoms with Gasteiger partial charge in [0, 0.05) is 48.7 Å². The maximum atomic E-state index is 13.8. The molecule has 5 heteroatoms. The molecule has 1 saturated carbocycles. The zero-order valence-corrected chi connectivity index (χ0v) is 18.1. The van der Waals surface area contributed by atoms with Crippen LogP contribution in [0.3, 0.4) is 0 Å². The molecule has 0 radical (unpaired) electrons. The summed E-state index contributed by atoms with van der Waals surface area (Å²) in [7, 11) is 1.95. The van der Waals surface area contributed by atoms with Crippen molar-refractivity contribution in [3.8, 4) is 0 Å². The van der Waals surface area contributed by atoms with Gasteiger partial charge in [-0.05, 0) is 37.7 Å². The fourth-order valence-corrected chi connectivity index (χ4v) is 5.64. The van der Waals surface area contributed by atoms with Crippen molar-refractivity contribution in [2.75, 3.05) is 13.1 Å². The number of aromatic nitrogens is 2. The lowest BCUT2D eigenvalue weighted by atomic mass is 9.94. The number of carbonyl (C=O) groups is 1. The van der Waals surface area contributed by atoms with Gasteiger partial charge in [0.2, 0.25) is 0 Å². The van der Waals surface area contributed by atoms with Crippen LogP contribution in [0, 0.1) is 5.92 Å². The van der Waals surface area contributed by atoms with Crippen molar-refractivity contribution < 1.29 is 4.79 Å². The normalized spacial score (nSPS) is 20.9. The minimum absolute atomic E-state index is 0.0409. The van der Waals surface area contributed by atoms with Gasteiger partial charge in [-0.2, -0.15) is 0 Å². The zero-order chi connectivity index (χ0) is 20.8. The molecule has 1 amide bonds. The Labute approximate surface area is 177 Å². The van der Waals surface area contributed by atoms with Gasteiger partial charge < -0.3 is 14.0 Å². The predicted octanol–water partition coefficient (Wildman–Crippen LogP) is 4.87. The number of amides is 1. The van der Waals surface area contributed by atoms with Crippen molar-refractivity contribution in [1.82, 2.24) is 14.0 Å². The molecule has 0 bridgehead atoms. The van der Waals surface area contributed by atoms with Gasteiger partial charge >= 0.3 is 0 Å². The maximum Gasteiger partial charge on any atom is 0.275 e. The van der Waals surface area contributed by atoms with Crippen molar-refractivity contribution in [2.45, 2.75) is 57.9 Å². The Kier molecular flexibility index (Phi) is 4.92. The van der Waals surface area contributed by atoms with E-state index in [0.717, 1.165) is 61.5 Å². The van der Waals surface area contributed by atoms with Crippen LogP contribution in [0.25, 0.3) is 21.8 Å². The van der Waals surface area contributed by atoms with E-state index in [-0.39, 0.29) is 17.5 Å². The van der Waals surface area contributed by atoms with E-state index in [1.165, 1.54) is 12.8 Å². The van der Waals surface area contributed by atoms with Gasteiger partial charge in [-0.3, -0.25) is 9.59 Å². The number of fused-ring (bicyclic) bond motifs is 3. The fraction of sp³-hybridized carbons (Fsp3) is 0.520. The Morgan fingerprint density at radius 2 is 1.80 bits per heavy atom. The van der Waals surface area contributed by atoms with Gasteiger partial charge in [0.1, 0.15) is 5.52 Å². The number of hydrogen-bond acceptors (Lipinski definition) is 2. The lowest BCUT2D eigenvalue weighted by Gasteiger charge is -2.31. The van der Waals surface area contributed by atoms with Crippen LogP contribution in [0.2, 0.25) is 0 Å². The van der Waals surface area contributed by atoms with Crippen molar-refractivity contribution in [3.63, 3.8) is 0 Å². The molecule has 2 aromatic heterocycles. The first-order chi connectivity index (χ1) is 14.6. The Balaban J connectivity index is 1.77. The van der Waals surface area contributed by atoms with E-state index in [9.17, 15) is 9.59 Å². The van der Waals surface area contributed by atoms with Gasteiger partial charge in [0.25, 0.3) is 11.5 Å². The number of aryl methyl sites for hydroxylation is 1.